The molecule has 1 unspecified atom stereocenters. The molecule has 0 aromatic heterocycles. The molecule has 4 heteroatoms. The van der Waals surface area contributed by atoms with Crippen molar-refractivity contribution in [1.82, 2.24) is 0 Å². The van der Waals surface area contributed by atoms with E-state index in [2.05, 4.69) is 0 Å². The minimum atomic E-state index is -0.802. The zero-order valence-electron chi connectivity index (χ0n) is 10.3. The molecule has 0 aliphatic rings. The molecule has 1 N–H and O–H groups in total. The first-order valence-corrected chi connectivity index (χ1v) is 5.38. The van der Waals surface area contributed by atoms with Gasteiger partial charge in [0, 0.05) is 6.42 Å². The maximum absolute atomic E-state index is 11.4. The Morgan fingerprint density at radius 3 is 2.38 bits per heavy atom. The highest BCUT2D eigenvalue weighted by Gasteiger charge is 2.16. The molecular formula is C12H20O4. The quantitative estimate of drug-likeness (QED) is 0.426. The molecule has 0 saturated heterocycles. The number of aliphatic hydroxyl groups excluding tert-OH is 1. The van der Waals surface area contributed by atoms with E-state index < -0.39 is 12.1 Å². The Labute approximate surface area is 96.3 Å². The van der Waals surface area contributed by atoms with Crippen LogP contribution < -0.4 is 0 Å². The summed E-state index contributed by atoms with van der Waals surface area (Å²) in [5.74, 6) is -0.843. The number of Topliss-reactive ketones (excluding diaryl/α,β-unsaturated/α-hetero) is 1. The zero-order chi connectivity index (χ0) is 12.7. The molecule has 16 heavy (non-hydrogen) atoms. The predicted octanol–water partition coefficient (Wildman–Crippen LogP) is 1.61. The van der Waals surface area contributed by atoms with Crippen molar-refractivity contribution in [3.05, 3.63) is 11.6 Å². The van der Waals surface area contributed by atoms with Gasteiger partial charge in [0.1, 0.15) is 12.2 Å². The maximum Gasteiger partial charge on any atom is 0.313 e. The number of allylic oxidation sites excluding steroid dienone is 1. The average Bonchev–Trinajstić information content (AvgIpc) is 2.14. The summed E-state index contributed by atoms with van der Waals surface area (Å²) < 4.78 is 4.83. The maximum atomic E-state index is 11.4. The van der Waals surface area contributed by atoms with Crippen molar-refractivity contribution in [3.8, 4) is 0 Å². The lowest BCUT2D eigenvalue weighted by Gasteiger charge is -2.10. The SMILES string of the molecule is CC=C(C)C(O)CC(=O)CC(=O)OC(C)C. The molecule has 0 heterocycles. The van der Waals surface area contributed by atoms with E-state index in [0.29, 0.717) is 0 Å². The van der Waals surface area contributed by atoms with E-state index in [4.69, 9.17) is 4.74 Å². The minimum Gasteiger partial charge on any atom is -0.463 e. The number of rotatable bonds is 6. The summed E-state index contributed by atoms with van der Waals surface area (Å²) in [5.41, 5.74) is 0.727. The molecular weight excluding hydrogens is 208 g/mol. The Bertz CT molecular complexity index is 279. The van der Waals surface area contributed by atoms with Crippen LogP contribution in [0.5, 0.6) is 0 Å². The molecule has 0 aromatic rings. The van der Waals surface area contributed by atoms with Crippen molar-refractivity contribution < 1.29 is 19.4 Å². The second-order valence-electron chi connectivity index (χ2n) is 4.01. The molecule has 0 spiro atoms. The lowest BCUT2D eigenvalue weighted by atomic mass is 10.0. The van der Waals surface area contributed by atoms with Crippen LogP contribution in [0.4, 0.5) is 0 Å². The second-order valence-corrected chi connectivity index (χ2v) is 4.01. The van der Waals surface area contributed by atoms with Crippen LogP contribution in [-0.2, 0) is 14.3 Å². The minimum absolute atomic E-state index is 0.0383. The number of aliphatic hydroxyl groups is 1. The van der Waals surface area contributed by atoms with Gasteiger partial charge in [-0.05, 0) is 33.3 Å². The number of esters is 1. The van der Waals surface area contributed by atoms with Crippen LogP contribution in [0.2, 0.25) is 0 Å². The fourth-order valence-corrected chi connectivity index (χ4v) is 1.11. The standard InChI is InChI=1S/C12H20O4/c1-5-9(4)11(14)6-10(13)7-12(15)16-8(2)3/h5,8,11,14H,6-7H2,1-4H3. The van der Waals surface area contributed by atoms with Gasteiger partial charge in [-0.1, -0.05) is 6.08 Å². The Kier molecular flexibility index (Phi) is 6.65. The summed E-state index contributed by atoms with van der Waals surface area (Å²) in [4.78, 5) is 22.5. The van der Waals surface area contributed by atoms with Gasteiger partial charge in [-0.3, -0.25) is 9.59 Å². The van der Waals surface area contributed by atoms with Gasteiger partial charge in [0.25, 0.3) is 0 Å². The lowest BCUT2D eigenvalue weighted by Crippen LogP contribution is -2.20. The molecule has 0 saturated carbocycles. The van der Waals surface area contributed by atoms with E-state index >= 15 is 0 Å². The fraction of sp³-hybridized carbons (Fsp3) is 0.667. The highest BCUT2D eigenvalue weighted by molar-refractivity contribution is 5.95. The van der Waals surface area contributed by atoms with Crippen LogP contribution in [0.3, 0.4) is 0 Å². The van der Waals surface area contributed by atoms with Gasteiger partial charge in [0.2, 0.25) is 0 Å². The largest absolute Gasteiger partial charge is 0.463 e. The molecule has 0 aliphatic heterocycles. The van der Waals surface area contributed by atoms with Gasteiger partial charge in [-0.15, -0.1) is 0 Å². The molecule has 0 radical (unpaired) electrons. The molecule has 0 fully saturated rings. The van der Waals surface area contributed by atoms with Crippen LogP contribution in [0.15, 0.2) is 11.6 Å². The van der Waals surface area contributed by atoms with Gasteiger partial charge in [-0.2, -0.15) is 0 Å². The molecule has 4 nitrogen and oxygen atoms in total. The van der Waals surface area contributed by atoms with Crippen LogP contribution in [0.1, 0.15) is 40.5 Å². The van der Waals surface area contributed by atoms with Crippen LogP contribution in [0.25, 0.3) is 0 Å². The lowest BCUT2D eigenvalue weighted by molar-refractivity contribution is -0.149. The van der Waals surface area contributed by atoms with Gasteiger partial charge >= 0.3 is 5.97 Å². The van der Waals surface area contributed by atoms with Gasteiger partial charge in [0.15, 0.2) is 0 Å². The third-order valence-electron chi connectivity index (χ3n) is 2.11. The summed E-state index contributed by atoms with van der Waals surface area (Å²) >= 11 is 0. The van der Waals surface area contributed by atoms with Crippen molar-refractivity contribution in [2.24, 2.45) is 0 Å². The topological polar surface area (TPSA) is 63.6 Å². The third kappa shape index (κ3) is 6.35. The average molecular weight is 228 g/mol. The van der Waals surface area contributed by atoms with Crippen LogP contribution in [-0.4, -0.2) is 29.1 Å². The molecule has 0 aliphatic carbocycles. The Morgan fingerprint density at radius 2 is 1.94 bits per heavy atom. The zero-order valence-corrected chi connectivity index (χ0v) is 10.3. The molecule has 0 aromatic carbocycles. The van der Waals surface area contributed by atoms with Crippen molar-refractivity contribution >= 4 is 11.8 Å². The molecule has 92 valence electrons. The van der Waals surface area contributed by atoms with Crippen LogP contribution >= 0.6 is 0 Å². The monoisotopic (exact) mass is 228 g/mol. The summed E-state index contributed by atoms with van der Waals surface area (Å²) in [6, 6.07) is 0. The van der Waals surface area contributed by atoms with E-state index in [-0.39, 0.29) is 24.7 Å². The molecule has 0 bridgehead atoms. The van der Waals surface area contributed by atoms with Gasteiger partial charge in [0.05, 0.1) is 12.2 Å². The highest BCUT2D eigenvalue weighted by Crippen LogP contribution is 2.07. The number of carbonyl (C=O) groups excluding carboxylic acids is 2. The smallest absolute Gasteiger partial charge is 0.313 e. The summed E-state index contributed by atoms with van der Waals surface area (Å²) in [5, 5.41) is 9.54. The van der Waals surface area contributed by atoms with Crippen molar-refractivity contribution in [2.45, 2.75) is 52.7 Å². The van der Waals surface area contributed by atoms with Gasteiger partial charge < -0.3 is 9.84 Å². The predicted molar refractivity (Wildman–Crippen MR) is 60.9 cm³/mol. The number of hydrogen-bond acceptors (Lipinski definition) is 4. The fourth-order valence-electron chi connectivity index (χ4n) is 1.11. The summed E-state index contributed by atoms with van der Waals surface area (Å²) in [6.45, 7) is 6.98. The molecule has 0 amide bonds. The first-order valence-electron chi connectivity index (χ1n) is 5.38. The number of ketones is 1. The molecule has 0 rings (SSSR count). The van der Waals surface area contributed by atoms with E-state index in [1.165, 1.54) is 0 Å². The van der Waals surface area contributed by atoms with Crippen molar-refractivity contribution in [1.29, 1.82) is 0 Å². The van der Waals surface area contributed by atoms with Crippen molar-refractivity contribution in [3.63, 3.8) is 0 Å². The third-order valence-corrected chi connectivity index (χ3v) is 2.11. The number of carbonyl (C=O) groups is 2. The number of hydrogen-bond donors (Lipinski definition) is 1. The first kappa shape index (κ1) is 14.8. The summed E-state index contributed by atoms with van der Waals surface area (Å²) in [6.07, 6.45) is 0.409. The van der Waals surface area contributed by atoms with E-state index in [1.807, 2.05) is 0 Å². The summed E-state index contributed by atoms with van der Waals surface area (Å²) in [7, 11) is 0. The number of ether oxygens (including phenoxy) is 1. The Balaban J connectivity index is 4.04. The Hall–Kier alpha value is -1.16. The molecule has 1 atom stereocenters. The van der Waals surface area contributed by atoms with Crippen molar-refractivity contribution in [2.75, 3.05) is 0 Å². The normalized spacial score (nSPS) is 13.8. The first-order chi connectivity index (χ1) is 7.36. The highest BCUT2D eigenvalue weighted by atomic mass is 16.5. The van der Waals surface area contributed by atoms with E-state index in [0.717, 1.165) is 5.57 Å². The van der Waals surface area contributed by atoms with E-state index in [9.17, 15) is 14.7 Å². The van der Waals surface area contributed by atoms with Gasteiger partial charge in [-0.25, -0.2) is 0 Å². The Morgan fingerprint density at radius 1 is 1.38 bits per heavy atom. The van der Waals surface area contributed by atoms with Crippen LogP contribution in [0, 0.1) is 0 Å². The second kappa shape index (κ2) is 7.17. The van der Waals surface area contributed by atoms with E-state index in [1.54, 1.807) is 33.8 Å².